The monoisotopic (exact) mass is 320 g/mol. The maximum atomic E-state index is 6.45. The van der Waals surface area contributed by atoms with E-state index in [4.69, 9.17) is 9.16 Å². The van der Waals surface area contributed by atoms with Crippen LogP contribution in [0.5, 0.6) is 0 Å². The SMILES string of the molecule is CC(C)(C)[Si](C)(C)O[C@H]1CCCO[C@@H]1/C=C\Br. The fourth-order valence-electron chi connectivity index (χ4n) is 1.71. The van der Waals surface area contributed by atoms with Gasteiger partial charge in [-0.1, -0.05) is 36.7 Å². The Hall–Kier alpha value is 0.357. The third-order valence-electron chi connectivity index (χ3n) is 3.82. The molecular weight excluding hydrogens is 296 g/mol. The molecule has 0 saturated carbocycles. The van der Waals surface area contributed by atoms with Gasteiger partial charge in [-0.05, 0) is 42.0 Å². The van der Waals surface area contributed by atoms with Gasteiger partial charge in [0.05, 0.1) is 6.10 Å². The number of rotatable bonds is 3. The third kappa shape index (κ3) is 4.19. The van der Waals surface area contributed by atoms with E-state index in [9.17, 15) is 0 Å². The molecule has 1 heterocycles. The molecule has 0 radical (unpaired) electrons. The van der Waals surface area contributed by atoms with Crippen molar-refractivity contribution in [3.05, 3.63) is 11.1 Å². The van der Waals surface area contributed by atoms with E-state index in [1.807, 2.05) is 4.99 Å². The van der Waals surface area contributed by atoms with Crippen molar-refractivity contribution in [3.63, 3.8) is 0 Å². The molecule has 0 aromatic carbocycles. The van der Waals surface area contributed by atoms with Crippen molar-refractivity contribution in [3.8, 4) is 0 Å². The van der Waals surface area contributed by atoms with Gasteiger partial charge in [-0.3, -0.25) is 0 Å². The Morgan fingerprint density at radius 3 is 2.53 bits per heavy atom. The summed E-state index contributed by atoms with van der Waals surface area (Å²) < 4.78 is 12.2. The molecule has 1 saturated heterocycles. The second kappa shape index (κ2) is 6.00. The average Bonchev–Trinajstić information content (AvgIpc) is 2.19. The Morgan fingerprint density at radius 2 is 2.00 bits per heavy atom. The largest absolute Gasteiger partial charge is 0.411 e. The summed E-state index contributed by atoms with van der Waals surface area (Å²) in [5.74, 6) is 0. The van der Waals surface area contributed by atoms with Gasteiger partial charge >= 0.3 is 0 Å². The fourth-order valence-corrected chi connectivity index (χ4v) is 3.37. The molecule has 0 aromatic heterocycles. The van der Waals surface area contributed by atoms with Gasteiger partial charge in [0.1, 0.15) is 6.10 Å². The topological polar surface area (TPSA) is 18.5 Å². The zero-order valence-electron chi connectivity index (χ0n) is 11.6. The van der Waals surface area contributed by atoms with Crippen molar-refractivity contribution in [2.75, 3.05) is 6.61 Å². The second-order valence-corrected chi connectivity index (χ2v) is 11.5. The lowest BCUT2D eigenvalue weighted by Crippen LogP contribution is -2.48. The van der Waals surface area contributed by atoms with Crippen molar-refractivity contribution in [1.82, 2.24) is 0 Å². The maximum absolute atomic E-state index is 6.45. The quantitative estimate of drug-likeness (QED) is 0.714. The maximum Gasteiger partial charge on any atom is 0.192 e. The Morgan fingerprint density at radius 1 is 1.35 bits per heavy atom. The van der Waals surface area contributed by atoms with Crippen molar-refractivity contribution in [2.45, 2.75) is 64.0 Å². The number of hydrogen-bond acceptors (Lipinski definition) is 2. The molecule has 0 aromatic rings. The summed E-state index contributed by atoms with van der Waals surface area (Å²) in [5, 5.41) is 0.257. The van der Waals surface area contributed by atoms with E-state index in [1.54, 1.807) is 0 Å². The Labute approximate surface area is 115 Å². The fraction of sp³-hybridized carbons (Fsp3) is 0.846. The van der Waals surface area contributed by atoms with E-state index >= 15 is 0 Å². The number of ether oxygens (including phenoxy) is 1. The van der Waals surface area contributed by atoms with Crippen LogP contribution >= 0.6 is 15.9 Å². The normalized spacial score (nSPS) is 27.6. The summed E-state index contributed by atoms with van der Waals surface area (Å²) in [6, 6.07) is 0. The van der Waals surface area contributed by atoms with Crippen LogP contribution < -0.4 is 0 Å². The van der Waals surface area contributed by atoms with E-state index in [0.29, 0.717) is 0 Å². The Kier molecular flexibility index (Phi) is 5.44. The summed E-state index contributed by atoms with van der Waals surface area (Å²) in [6.07, 6.45) is 4.59. The summed E-state index contributed by atoms with van der Waals surface area (Å²) in [5.41, 5.74) is 0. The van der Waals surface area contributed by atoms with Gasteiger partial charge in [0.15, 0.2) is 8.32 Å². The number of halogens is 1. The molecule has 0 N–H and O–H groups in total. The highest BCUT2D eigenvalue weighted by Crippen LogP contribution is 2.38. The van der Waals surface area contributed by atoms with Gasteiger partial charge in [-0.15, -0.1) is 0 Å². The molecule has 0 aliphatic carbocycles. The molecular formula is C13H25BrO2Si. The minimum absolute atomic E-state index is 0.109. The van der Waals surface area contributed by atoms with Gasteiger partial charge in [0, 0.05) is 6.61 Å². The van der Waals surface area contributed by atoms with Gasteiger partial charge in [-0.2, -0.15) is 0 Å². The van der Waals surface area contributed by atoms with Gasteiger partial charge < -0.3 is 9.16 Å². The van der Waals surface area contributed by atoms with Crippen LogP contribution in [0, 0.1) is 0 Å². The summed E-state index contributed by atoms with van der Waals surface area (Å²) in [7, 11) is -1.69. The molecule has 2 nitrogen and oxygen atoms in total. The van der Waals surface area contributed by atoms with Gasteiger partial charge in [-0.25, -0.2) is 0 Å². The molecule has 0 amide bonds. The first kappa shape index (κ1) is 15.4. The third-order valence-corrected chi connectivity index (χ3v) is 8.63. The van der Waals surface area contributed by atoms with Crippen molar-refractivity contribution in [2.24, 2.45) is 0 Å². The zero-order valence-corrected chi connectivity index (χ0v) is 14.2. The highest BCUT2D eigenvalue weighted by molar-refractivity contribution is 9.11. The van der Waals surface area contributed by atoms with Crippen molar-refractivity contribution in [1.29, 1.82) is 0 Å². The van der Waals surface area contributed by atoms with Crippen LogP contribution in [0.3, 0.4) is 0 Å². The lowest BCUT2D eigenvalue weighted by Gasteiger charge is -2.42. The molecule has 2 atom stereocenters. The van der Waals surface area contributed by atoms with E-state index < -0.39 is 8.32 Å². The molecule has 1 aliphatic heterocycles. The molecule has 100 valence electrons. The van der Waals surface area contributed by atoms with Crippen molar-refractivity contribution < 1.29 is 9.16 Å². The first-order valence-electron chi connectivity index (χ1n) is 6.34. The highest BCUT2D eigenvalue weighted by Gasteiger charge is 2.41. The molecule has 0 unspecified atom stereocenters. The lowest BCUT2D eigenvalue weighted by atomic mass is 10.1. The molecule has 0 spiro atoms. The first-order chi connectivity index (χ1) is 7.78. The van der Waals surface area contributed by atoms with Gasteiger partial charge in [0.2, 0.25) is 0 Å². The first-order valence-corrected chi connectivity index (χ1v) is 10.2. The molecule has 1 rings (SSSR count). The van der Waals surface area contributed by atoms with Crippen LogP contribution in [-0.2, 0) is 9.16 Å². The van der Waals surface area contributed by atoms with Crippen LogP contribution in [0.25, 0.3) is 0 Å². The smallest absolute Gasteiger partial charge is 0.192 e. The van der Waals surface area contributed by atoms with Gasteiger partial charge in [0.25, 0.3) is 0 Å². The molecule has 17 heavy (non-hydrogen) atoms. The molecule has 0 bridgehead atoms. The zero-order chi connectivity index (χ0) is 13.1. The van der Waals surface area contributed by atoms with Crippen LogP contribution in [0.2, 0.25) is 18.1 Å². The average molecular weight is 321 g/mol. The standard InChI is InChI=1S/C13H25BrO2Si/c1-13(2,3)17(4,5)16-12-7-6-10-15-11(12)8-9-14/h8-9,11-12H,6-7,10H2,1-5H3/b9-8-/t11-,12+/m1/s1. The predicted molar refractivity (Wildman–Crippen MR) is 79.1 cm³/mol. The lowest BCUT2D eigenvalue weighted by molar-refractivity contribution is -0.0419. The summed E-state index contributed by atoms with van der Waals surface area (Å²) in [4.78, 5) is 1.88. The summed E-state index contributed by atoms with van der Waals surface area (Å²) in [6.45, 7) is 12.3. The van der Waals surface area contributed by atoms with Crippen LogP contribution in [0.1, 0.15) is 33.6 Å². The number of hydrogen-bond donors (Lipinski definition) is 0. The van der Waals surface area contributed by atoms with Crippen LogP contribution in [0.15, 0.2) is 11.1 Å². The van der Waals surface area contributed by atoms with Crippen molar-refractivity contribution >= 4 is 24.2 Å². The van der Waals surface area contributed by atoms with E-state index in [0.717, 1.165) is 19.4 Å². The van der Waals surface area contributed by atoms with E-state index in [-0.39, 0.29) is 17.2 Å². The Bertz CT molecular complexity index is 271. The second-order valence-electron chi connectivity index (χ2n) is 6.21. The molecule has 4 heteroatoms. The highest BCUT2D eigenvalue weighted by atomic mass is 79.9. The van der Waals surface area contributed by atoms with Crippen LogP contribution in [-0.4, -0.2) is 27.1 Å². The summed E-state index contributed by atoms with van der Waals surface area (Å²) >= 11 is 3.33. The minimum Gasteiger partial charge on any atom is -0.411 e. The van der Waals surface area contributed by atoms with E-state index in [2.05, 4.69) is 55.9 Å². The Balaban J connectivity index is 2.71. The van der Waals surface area contributed by atoms with E-state index in [1.165, 1.54) is 0 Å². The predicted octanol–water partition coefficient (Wildman–Crippen LogP) is 4.46. The minimum atomic E-state index is -1.69. The molecule has 1 fully saturated rings. The molecule has 1 aliphatic rings. The van der Waals surface area contributed by atoms with Crippen LogP contribution in [0.4, 0.5) is 0 Å².